The topological polar surface area (TPSA) is 59.0 Å². The van der Waals surface area contributed by atoms with E-state index >= 15 is 0 Å². The van der Waals surface area contributed by atoms with Gasteiger partial charge in [-0.3, -0.25) is 9.48 Å². The number of fused-ring (bicyclic) bond motifs is 1. The number of rotatable bonds is 4. The van der Waals surface area contributed by atoms with Crippen molar-refractivity contribution in [1.82, 2.24) is 20.4 Å². The smallest absolute Gasteiger partial charge is 0.237 e. The highest BCUT2D eigenvalue weighted by molar-refractivity contribution is 5.82. The first-order valence-electron chi connectivity index (χ1n) is 7.29. The van der Waals surface area contributed by atoms with Gasteiger partial charge in [0.15, 0.2) is 0 Å². The quantitative estimate of drug-likeness (QED) is 0.873. The van der Waals surface area contributed by atoms with E-state index in [0.29, 0.717) is 6.54 Å². The van der Waals surface area contributed by atoms with E-state index in [1.807, 2.05) is 31.4 Å². The second kappa shape index (κ2) is 6.10. The third-order valence-corrected chi connectivity index (χ3v) is 3.85. The van der Waals surface area contributed by atoms with E-state index < -0.39 is 0 Å². The maximum absolute atomic E-state index is 12.2. The molecular weight excluding hydrogens is 264 g/mol. The Morgan fingerprint density at radius 1 is 1.38 bits per heavy atom. The summed E-state index contributed by atoms with van der Waals surface area (Å²) in [6.45, 7) is 1.38. The molecule has 1 aliphatic heterocycles. The van der Waals surface area contributed by atoms with Gasteiger partial charge in [-0.15, -0.1) is 0 Å². The minimum atomic E-state index is -0.136. The number of benzene rings is 1. The first-order chi connectivity index (χ1) is 10.2. The van der Waals surface area contributed by atoms with Gasteiger partial charge in [0.25, 0.3) is 0 Å². The molecular formula is C16H20N4O. The predicted octanol–water partition coefficient (Wildman–Crippen LogP) is 0.793. The van der Waals surface area contributed by atoms with E-state index in [9.17, 15) is 4.79 Å². The lowest BCUT2D eigenvalue weighted by Crippen LogP contribution is -2.48. The van der Waals surface area contributed by atoms with Crippen LogP contribution in [0.2, 0.25) is 0 Å². The van der Waals surface area contributed by atoms with Crippen molar-refractivity contribution in [3.8, 4) is 0 Å². The fourth-order valence-corrected chi connectivity index (χ4v) is 2.67. The van der Waals surface area contributed by atoms with Crippen molar-refractivity contribution in [2.45, 2.75) is 25.4 Å². The van der Waals surface area contributed by atoms with Gasteiger partial charge in [-0.25, -0.2) is 0 Å². The minimum Gasteiger partial charge on any atom is -0.354 e. The third kappa shape index (κ3) is 3.31. The van der Waals surface area contributed by atoms with Crippen molar-refractivity contribution in [3.63, 3.8) is 0 Å². The maximum Gasteiger partial charge on any atom is 0.237 e. The Labute approximate surface area is 124 Å². The molecule has 2 N–H and O–H groups in total. The van der Waals surface area contributed by atoms with Crippen LogP contribution in [0, 0.1) is 0 Å². The molecule has 0 saturated heterocycles. The standard InChI is InChI=1S/C16H20N4O/c1-20-9-7-14(19-20)6-8-17-16(21)15-10-12-4-2-3-5-13(12)11-18-15/h2-5,7,9,15,18H,6,8,10-11H2,1H3,(H,17,21)/t15-/m0/s1. The average molecular weight is 284 g/mol. The molecule has 0 saturated carbocycles. The van der Waals surface area contributed by atoms with E-state index in [1.54, 1.807) is 4.68 Å². The highest BCUT2D eigenvalue weighted by Gasteiger charge is 2.23. The van der Waals surface area contributed by atoms with Crippen molar-refractivity contribution < 1.29 is 4.79 Å². The number of nitrogens with one attached hydrogen (secondary N) is 2. The molecule has 1 aromatic carbocycles. The fraction of sp³-hybridized carbons (Fsp3) is 0.375. The van der Waals surface area contributed by atoms with E-state index in [2.05, 4.69) is 27.9 Å². The monoisotopic (exact) mass is 284 g/mol. The van der Waals surface area contributed by atoms with Crippen LogP contribution in [0.5, 0.6) is 0 Å². The molecule has 1 amide bonds. The first kappa shape index (κ1) is 13.8. The summed E-state index contributed by atoms with van der Waals surface area (Å²) in [7, 11) is 1.89. The van der Waals surface area contributed by atoms with E-state index in [0.717, 1.165) is 25.1 Å². The van der Waals surface area contributed by atoms with Crippen LogP contribution in [-0.4, -0.2) is 28.3 Å². The van der Waals surface area contributed by atoms with Gasteiger partial charge >= 0.3 is 0 Å². The molecule has 0 fully saturated rings. The lowest BCUT2D eigenvalue weighted by atomic mass is 9.95. The maximum atomic E-state index is 12.2. The third-order valence-electron chi connectivity index (χ3n) is 3.85. The van der Waals surface area contributed by atoms with Gasteiger partial charge < -0.3 is 10.6 Å². The Morgan fingerprint density at radius 3 is 2.95 bits per heavy atom. The number of carbonyl (C=O) groups excluding carboxylic acids is 1. The summed E-state index contributed by atoms with van der Waals surface area (Å²) >= 11 is 0. The highest BCUT2D eigenvalue weighted by Crippen LogP contribution is 2.16. The minimum absolute atomic E-state index is 0.0698. The van der Waals surface area contributed by atoms with E-state index in [1.165, 1.54) is 11.1 Å². The Balaban J connectivity index is 1.50. The second-order valence-corrected chi connectivity index (χ2v) is 5.43. The van der Waals surface area contributed by atoms with Gasteiger partial charge in [0.1, 0.15) is 0 Å². The number of nitrogens with zero attached hydrogens (tertiary/aromatic N) is 2. The van der Waals surface area contributed by atoms with E-state index in [4.69, 9.17) is 0 Å². The molecule has 0 aliphatic carbocycles. The molecule has 0 spiro atoms. The summed E-state index contributed by atoms with van der Waals surface area (Å²) in [6, 6.07) is 10.1. The van der Waals surface area contributed by atoms with Crippen LogP contribution in [0.15, 0.2) is 36.5 Å². The molecule has 5 nitrogen and oxygen atoms in total. The van der Waals surface area contributed by atoms with Crippen molar-refractivity contribution in [1.29, 1.82) is 0 Å². The van der Waals surface area contributed by atoms with Crippen LogP contribution in [0.25, 0.3) is 0 Å². The van der Waals surface area contributed by atoms with Gasteiger partial charge in [-0.05, 0) is 23.6 Å². The zero-order valence-electron chi connectivity index (χ0n) is 12.2. The summed E-state index contributed by atoms with van der Waals surface area (Å²) in [5, 5.41) is 10.6. The van der Waals surface area contributed by atoms with Crippen LogP contribution in [0.4, 0.5) is 0 Å². The average Bonchev–Trinajstić information content (AvgIpc) is 2.92. The summed E-state index contributed by atoms with van der Waals surface area (Å²) in [6.07, 6.45) is 3.43. The van der Waals surface area contributed by atoms with Gasteiger partial charge in [0, 0.05) is 32.8 Å². The number of aromatic nitrogens is 2. The summed E-state index contributed by atoms with van der Waals surface area (Å²) < 4.78 is 1.77. The molecule has 2 aromatic rings. The summed E-state index contributed by atoms with van der Waals surface area (Å²) in [5.41, 5.74) is 3.55. The number of hydrogen-bond acceptors (Lipinski definition) is 3. The van der Waals surface area contributed by atoms with E-state index in [-0.39, 0.29) is 11.9 Å². The largest absolute Gasteiger partial charge is 0.354 e. The first-order valence-corrected chi connectivity index (χ1v) is 7.29. The second-order valence-electron chi connectivity index (χ2n) is 5.43. The molecule has 0 bridgehead atoms. The van der Waals surface area contributed by atoms with Gasteiger partial charge in [0.05, 0.1) is 11.7 Å². The number of amides is 1. The molecule has 0 radical (unpaired) electrons. The zero-order valence-corrected chi connectivity index (χ0v) is 12.2. The number of hydrogen-bond donors (Lipinski definition) is 2. The molecule has 2 heterocycles. The van der Waals surface area contributed by atoms with Crippen molar-refractivity contribution >= 4 is 5.91 Å². The molecule has 3 rings (SSSR count). The van der Waals surface area contributed by atoms with Gasteiger partial charge in [-0.1, -0.05) is 24.3 Å². The molecule has 1 aromatic heterocycles. The van der Waals surface area contributed by atoms with Crippen LogP contribution in [0.1, 0.15) is 16.8 Å². The Kier molecular flexibility index (Phi) is 4.01. The lowest BCUT2D eigenvalue weighted by Gasteiger charge is -2.25. The molecule has 1 aliphatic rings. The highest BCUT2D eigenvalue weighted by atomic mass is 16.2. The zero-order chi connectivity index (χ0) is 14.7. The van der Waals surface area contributed by atoms with Crippen molar-refractivity contribution in [3.05, 3.63) is 53.3 Å². The molecule has 0 unspecified atom stereocenters. The molecule has 21 heavy (non-hydrogen) atoms. The molecule has 1 atom stereocenters. The van der Waals surface area contributed by atoms with Crippen LogP contribution in [-0.2, 0) is 31.2 Å². The van der Waals surface area contributed by atoms with Crippen LogP contribution in [0.3, 0.4) is 0 Å². The number of carbonyl (C=O) groups is 1. The van der Waals surface area contributed by atoms with Crippen LogP contribution < -0.4 is 10.6 Å². The summed E-state index contributed by atoms with van der Waals surface area (Å²) in [5.74, 6) is 0.0698. The number of aryl methyl sites for hydroxylation is 1. The van der Waals surface area contributed by atoms with Crippen molar-refractivity contribution in [2.75, 3.05) is 6.54 Å². The molecule has 5 heteroatoms. The van der Waals surface area contributed by atoms with Crippen LogP contribution >= 0.6 is 0 Å². The Bertz CT molecular complexity index is 635. The lowest BCUT2D eigenvalue weighted by molar-refractivity contribution is -0.123. The Morgan fingerprint density at radius 2 is 2.19 bits per heavy atom. The Hall–Kier alpha value is -2.14. The van der Waals surface area contributed by atoms with Gasteiger partial charge in [0.2, 0.25) is 5.91 Å². The molecule has 110 valence electrons. The normalized spacial score (nSPS) is 17.3. The van der Waals surface area contributed by atoms with Gasteiger partial charge in [-0.2, -0.15) is 5.10 Å². The SMILES string of the molecule is Cn1ccc(CCNC(=O)[C@@H]2Cc3ccccc3CN2)n1. The van der Waals surface area contributed by atoms with Crippen molar-refractivity contribution in [2.24, 2.45) is 7.05 Å². The summed E-state index contributed by atoms with van der Waals surface area (Å²) in [4.78, 5) is 12.2. The predicted molar refractivity (Wildman–Crippen MR) is 80.7 cm³/mol. The fourth-order valence-electron chi connectivity index (χ4n) is 2.67.